The van der Waals surface area contributed by atoms with Gasteiger partial charge in [0.05, 0.1) is 30.8 Å². The monoisotopic (exact) mass is 492 g/mol. The zero-order valence-corrected chi connectivity index (χ0v) is 23.7. The summed E-state index contributed by atoms with van der Waals surface area (Å²) in [5.74, 6) is -2.72. The molecule has 0 N–H and O–H groups in total. The van der Waals surface area contributed by atoms with Gasteiger partial charge in [0.2, 0.25) is 0 Å². The van der Waals surface area contributed by atoms with Gasteiger partial charge in [-0.1, -0.05) is 75.7 Å². The van der Waals surface area contributed by atoms with Crippen molar-refractivity contribution in [2.45, 2.75) is 133 Å². The van der Waals surface area contributed by atoms with Crippen molar-refractivity contribution in [3.8, 4) is 0 Å². The van der Waals surface area contributed by atoms with Gasteiger partial charge in [0.1, 0.15) is 0 Å². The molecule has 0 radical (unpaired) electrons. The van der Waals surface area contributed by atoms with Crippen LogP contribution in [0.3, 0.4) is 0 Å². The molecule has 0 spiro atoms. The number of halogens is 5. The molecule has 7 heteroatoms. The lowest BCUT2D eigenvalue weighted by Crippen LogP contribution is -2.42. The van der Waals surface area contributed by atoms with Crippen LogP contribution in [0, 0.1) is 16.2 Å². The normalized spacial score (nSPS) is 15.1. The van der Waals surface area contributed by atoms with Gasteiger partial charge in [-0.15, -0.1) is 0 Å². The summed E-state index contributed by atoms with van der Waals surface area (Å²) in [6.07, 6.45) is -3.41. The summed E-state index contributed by atoms with van der Waals surface area (Å²) >= 11 is 0. The highest BCUT2D eigenvalue weighted by Gasteiger charge is 2.46. The average molecular weight is 493 g/mol. The number of hydrogen-bond acceptors (Lipinski definition) is 2. The molecular weight excluding hydrogens is 439 g/mol. The molecule has 0 bridgehead atoms. The molecule has 0 aliphatic carbocycles. The zero-order chi connectivity index (χ0) is 27.4. The lowest BCUT2D eigenvalue weighted by molar-refractivity contribution is -0.154. The standard InChI is InChI=1S/C21H42F2O2.C3H5F3.C2H6/c1-11-12-21(22,23)19(8,9)14-24-15-20(10,13-17(2,3)4)16-25-18(5,6)7;1-2-3(4,5)6;1-2/h11-16H2,1-10H3;2H2,1H3;1-2H3. The van der Waals surface area contributed by atoms with Gasteiger partial charge < -0.3 is 9.47 Å². The summed E-state index contributed by atoms with van der Waals surface area (Å²) in [5, 5.41) is 0. The molecule has 0 amide bonds. The van der Waals surface area contributed by atoms with Gasteiger partial charge in [-0.2, -0.15) is 13.2 Å². The fourth-order valence-corrected chi connectivity index (χ4v) is 3.13. The largest absolute Gasteiger partial charge is 0.388 e. The Kier molecular flexibility index (Phi) is 16.7. The first-order valence-corrected chi connectivity index (χ1v) is 12.2. The van der Waals surface area contributed by atoms with Crippen molar-refractivity contribution in [3.05, 3.63) is 0 Å². The Hall–Kier alpha value is -0.430. The molecular formula is C26H53F5O2. The van der Waals surface area contributed by atoms with Gasteiger partial charge in [-0.3, -0.25) is 0 Å². The van der Waals surface area contributed by atoms with Gasteiger partial charge >= 0.3 is 6.18 Å². The van der Waals surface area contributed by atoms with E-state index < -0.39 is 23.9 Å². The van der Waals surface area contributed by atoms with E-state index in [1.807, 2.05) is 34.6 Å². The minimum atomic E-state index is -3.96. The maximum atomic E-state index is 14.3. The minimum absolute atomic E-state index is 0.0508. The molecule has 0 saturated carbocycles. The quantitative estimate of drug-likeness (QED) is 0.283. The van der Waals surface area contributed by atoms with Crippen LogP contribution in [0.15, 0.2) is 0 Å². The molecule has 0 saturated heterocycles. The van der Waals surface area contributed by atoms with E-state index in [-0.39, 0.29) is 29.5 Å². The van der Waals surface area contributed by atoms with Crippen LogP contribution in [0.1, 0.15) is 116 Å². The van der Waals surface area contributed by atoms with Crippen LogP contribution in [0.5, 0.6) is 0 Å². The number of hydrogen-bond donors (Lipinski definition) is 0. The predicted octanol–water partition coefficient (Wildman–Crippen LogP) is 9.71. The molecule has 0 aromatic heterocycles. The fraction of sp³-hybridized carbons (Fsp3) is 1.00. The van der Waals surface area contributed by atoms with E-state index in [0.29, 0.717) is 19.6 Å². The van der Waals surface area contributed by atoms with Crippen LogP contribution in [0.25, 0.3) is 0 Å². The second kappa shape index (κ2) is 14.9. The first kappa shape index (κ1) is 37.1. The van der Waals surface area contributed by atoms with Gasteiger partial charge in [0, 0.05) is 18.3 Å². The smallest absolute Gasteiger partial charge is 0.380 e. The topological polar surface area (TPSA) is 18.5 Å². The van der Waals surface area contributed by atoms with Crippen molar-refractivity contribution in [1.29, 1.82) is 0 Å². The summed E-state index contributed by atoms with van der Waals surface area (Å²) in [6.45, 7) is 25.8. The molecule has 0 fully saturated rings. The molecule has 33 heavy (non-hydrogen) atoms. The van der Waals surface area contributed by atoms with E-state index in [9.17, 15) is 22.0 Å². The summed E-state index contributed by atoms with van der Waals surface area (Å²) in [7, 11) is 0. The summed E-state index contributed by atoms with van der Waals surface area (Å²) < 4.78 is 72.8. The summed E-state index contributed by atoms with van der Waals surface area (Å²) in [4.78, 5) is 0. The molecule has 0 aromatic carbocycles. The molecule has 204 valence electrons. The van der Waals surface area contributed by atoms with Crippen molar-refractivity contribution in [2.24, 2.45) is 16.2 Å². The third-order valence-corrected chi connectivity index (χ3v) is 4.68. The molecule has 0 aliphatic heterocycles. The lowest BCUT2D eigenvalue weighted by atomic mass is 9.75. The first-order valence-electron chi connectivity index (χ1n) is 12.2. The highest BCUT2D eigenvalue weighted by molar-refractivity contribution is 4.86. The van der Waals surface area contributed by atoms with Crippen molar-refractivity contribution in [2.75, 3.05) is 19.8 Å². The molecule has 1 atom stereocenters. The summed E-state index contributed by atoms with van der Waals surface area (Å²) in [5.41, 5.74) is -1.49. The van der Waals surface area contributed by atoms with Crippen LogP contribution >= 0.6 is 0 Å². The highest BCUT2D eigenvalue weighted by atomic mass is 19.4. The van der Waals surface area contributed by atoms with Crippen LogP contribution in [0.4, 0.5) is 22.0 Å². The van der Waals surface area contributed by atoms with E-state index in [2.05, 4.69) is 27.7 Å². The molecule has 1 unspecified atom stereocenters. The second-order valence-corrected chi connectivity index (χ2v) is 11.7. The van der Waals surface area contributed by atoms with Crippen molar-refractivity contribution >= 4 is 0 Å². The third kappa shape index (κ3) is 20.6. The van der Waals surface area contributed by atoms with Crippen LogP contribution in [0.2, 0.25) is 0 Å². The predicted molar refractivity (Wildman–Crippen MR) is 130 cm³/mol. The molecule has 0 aliphatic rings. The Morgan fingerprint density at radius 1 is 0.667 bits per heavy atom. The Morgan fingerprint density at radius 2 is 1.09 bits per heavy atom. The van der Waals surface area contributed by atoms with Crippen LogP contribution in [-0.2, 0) is 9.47 Å². The van der Waals surface area contributed by atoms with Gasteiger partial charge in [-0.05, 0) is 32.6 Å². The van der Waals surface area contributed by atoms with E-state index in [4.69, 9.17) is 9.47 Å². The van der Waals surface area contributed by atoms with E-state index in [1.54, 1.807) is 20.8 Å². The van der Waals surface area contributed by atoms with Gasteiger partial charge in [-0.25, -0.2) is 8.78 Å². The zero-order valence-electron chi connectivity index (χ0n) is 23.7. The third-order valence-electron chi connectivity index (χ3n) is 4.68. The Morgan fingerprint density at radius 3 is 1.39 bits per heavy atom. The number of alkyl halides is 5. The van der Waals surface area contributed by atoms with Crippen LogP contribution in [-0.4, -0.2) is 37.5 Å². The van der Waals surface area contributed by atoms with Crippen molar-refractivity contribution in [1.82, 2.24) is 0 Å². The second-order valence-electron chi connectivity index (χ2n) is 11.7. The Balaban J connectivity index is -0.000000965. The molecule has 0 rings (SSSR count). The first-order chi connectivity index (χ1) is 14.5. The average Bonchev–Trinajstić information content (AvgIpc) is 2.59. The molecule has 0 aromatic rings. The SMILES string of the molecule is CC.CCC(F)(F)F.CCCC(F)(F)C(C)(C)COCC(C)(COC(C)(C)C)CC(C)(C)C. The Bertz CT molecular complexity index is 488. The van der Waals surface area contributed by atoms with Crippen LogP contribution < -0.4 is 0 Å². The van der Waals surface area contributed by atoms with E-state index in [0.717, 1.165) is 13.3 Å². The minimum Gasteiger partial charge on any atom is -0.380 e. The number of ether oxygens (including phenoxy) is 2. The fourth-order valence-electron chi connectivity index (χ4n) is 3.13. The van der Waals surface area contributed by atoms with Gasteiger partial charge in [0.25, 0.3) is 5.92 Å². The van der Waals surface area contributed by atoms with Crippen molar-refractivity contribution in [3.63, 3.8) is 0 Å². The maximum absolute atomic E-state index is 14.3. The van der Waals surface area contributed by atoms with E-state index >= 15 is 0 Å². The lowest BCUT2D eigenvalue weighted by Gasteiger charge is -2.39. The summed E-state index contributed by atoms with van der Waals surface area (Å²) in [6, 6.07) is 0. The molecule has 0 heterocycles. The van der Waals surface area contributed by atoms with Gasteiger partial charge in [0.15, 0.2) is 0 Å². The number of rotatable bonds is 10. The van der Waals surface area contributed by atoms with E-state index in [1.165, 1.54) is 0 Å². The molecule has 2 nitrogen and oxygen atoms in total. The Labute approximate surface area is 201 Å². The maximum Gasteiger partial charge on any atom is 0.388 e. The highest BCUT2D eigenvalue weighted by Crippen LogP contribution is 2.41. The van der Waals surface area contributed by atoms with Crippen molar-refractivity contribution < 1.29 is 31.4 Å².